The maximum Gasteiger partial charge on any atom is 0.313 e. The van der Waals surface area contributed by atoms with Crippen LogP contribution < -0.4 is 10.6 Å². The summed E-state index contributed by atoms with van der Waals surface area (Å²) in [7, 11) is 0. The summed E-state index contributed by atoms with van der Waals surface area (Å²) in [4.78, 5) is 23.3. The van der Waals surface area contributed by atoms with Gasteiger partial charge in [0.25, 0.3) is 0 Å². The molecule has 6 heteroatoms. The molecule has 0 aliphatic heterocycles. The van der Waals surface area contributed by atoms with Crippen LogP contribution >= 0.6 is 22.9 Å². The monoisotopic (exact) mass is 308 g/mol. The smallest absolute Gasteiger partial charge is 0.313 e. The van der Waals surface area contributed by atoms with Crippen LogP contribution in [0.3, 0.4) is 0 Å². The van der Waals surface area contributed by atoms with Gasteiger partial charge in [0.1, 0.15) is 0 Å². The van der Waals surface area contributed by atoms with Gasteiger partial charge in [0.05, 0.1) is 0 Å². The first-order valence-corrected chi connectivity index (χ1v) is 7.25. The minimum Gasteiger partial charge on any atom is -0.344 e. The quantitative estimate of drug-likeness (QED) is 0.857. The molecule has 1 aromatic carbocycles. The molecular weight excluding hydrogens is 296 g/mol. The number of thiophene rings is 1. The number of benzene rings is 1. The summed E-state index contributed by atoms with van der Waals surface area (Å²) in [5.74, 6) is -1.38. The normalized spacial score (nSPS) is 10.1. The standard InChI is InChI=1S/C14H13ClN2O2S/c1-9-2-3-11(6-12(9)15)17-14(19)13(18)16-7-10-4-5-20-8-10/h2-6,8H,7H2,1H3,(H,16,18)(H,17,19). The molecular formula is C14H13ClN2O2S. The molecule has 0 aliphatic carbocycles. The second kappa shape index (κ2) is 6.54. The fourth-order valence-corrected chi connectivity index (χ4v) is 2.36. The van der Waals surface area contributed by atoms with Gasteiger partial charge in [-0.3, -0.25) is 9.59 Å². The third-order valence-corrected chi connectivity index (χ3v) is 3.81. The van der Waals surface area contributed by atoms with Gasteiger partial charge in [0.15, 0.2) is 0 Å². The highest BCUT2D eigenvalue weighted by Gasteiger charge is 2.13. The van der Waals surface area contributed by atoms with Crippen molar-refractivity contribution in [2.45, 2.75) is 13.5 Å². The third kappa shape index (κ3) is 3.82. The summed E-state index contributed by atoms with van der Waals surface area (Å²) in [6.45, 7) is 2.20. The Kier molecular flexibility index (Phi) is 4.76. The van der Waals surface area contributed by atoms with Gasteiger partial charge in [0.2, 0.25) is 0 Å². The number of carbonyl (C=O) groups is 2. The molecule has 0 spiro atoms. The minimum atomic E-state index is -0.708. The van der Waals surface area contributed by atoms with Gasteiger partial charge in [-0.05, 0) is 47.0 Å². The van der Waals surface area contributed by atoms with Crippen molar-refractivity contribution in [3.05, 3.63) is 51.2 Å². The molecule has 0 unspecified atom stereocenters. The lowest BCUT2D eigenvalue weighted by Crippen LogP contribution is -2.34. The summed E-state index contributed by atoms with van der Waals surface area (Å²) in [5.41, 5.74) is 2.37. The molecule has 2 rings (SSSR count). The summed E-state index contributed by atoms with van der Waals surface area (Å²) in [5, 5.41) is 9.43. The van der Waals surface area contributed by atoms with Crippen LogP contribution in [0.15, 0.2) is 35.0 Å². The van der Waals surface area contributed by atoms with Crippen LogP contribution in [0.1, 0.15) is 11.1 Å². The summed E-state index contributed by atoms with van der Waals surface area (Å²) in [6.07, 6.45) is 0. The first-order valence-electron chi connectivity index (χ1n) is 5.92. The lowest BCUT2D eigenvalue weighted by atomic mass is 10.2. The molecule has 104 valence electrons. The van der Waals surface area contributed by atoms with Crippen LogP contribution in [0.5, 0.6) is 0 Å². The average Bonchev–Trinajstić information content (AvgIpc) is 2.93. The van der Waals surface area contributed by atoms with E-state index in [4.69, 9.17) is 11.6 Å². The summed E-state index contributed by atoms with van der Waals surface area (Å²) in [6, 6.07) is 6.98. The Bertz CT molecular complexity index is 626. The number of anilines is 1. The number of hydrogen-bond acceptors (Lipinski definition) is 3. The zero-order valence-electron chi connectivity index (χ0n) is 10.8. The molecule has 0 bridgehead atoms. The molecule has 2 amide bonds. The Morgan fingerprint density at radius 2 is 2.05 bits per heavy atom. The Labute approximate surface area is 125 Å². The lowest BCUT2D eigenvalue weighted by Gasteiger charge is -2.07. The van der Waals surface area contributed by atoms with Crippen molar-refractivity contribution in [3.8, 4) is 0 Å². The Morgan fingerprint density at radius 3 is 2.70 bits per heavy atom. The van der Waals surface area contributed by atoms with E-state index in [-0.39, 0.29) is 0 Å². The average molecular weight is 309 g/mol. The van der Waals surface area contributed by atoms with E-state index < -0.39 is 11.8 Å². The second-order valence-corrected chi connectivity index (χ2v) is 5.42. The van der Waals surface area contributed by atoms with Gasteiger partial charge in [-0.2, -0.15) is 11.3 Å². The molecule has 0 radical (unpaired) electrons. The minimum absolute atomic E-state index is 0.338. The number of rotatable bonds is 3. The molecule has 1 aromatic heterocycles. The van der Waals surface area contributed by atoms with Crippen molar-refractivity contribution in [1.82, 2.24) is 5.32 Å². The van der Waals surface area contributed by atoms with Crippen molar-refractivity contribution >= 4 is 40.4 Å². The highest BCUT2D eigenvalue weighted by Crippen LogP contribution is 2.19. The number of aryl methyl sites for hydroxylation is 1. The number of carbonyl (C=O) groups excluding carboxylic acids is 2. The SMILES string of the molecule is Cc1ccc(NC(=O)C(=O)NCc2ccsc2)cc1Cl. The molecule has 0 fully saturated rings. The Balaban J connectivity index is 1.90. The van der Waals surface area contributed by atoms with E-state index in [1.54, 1.807) is 18.2 Å². The molecule has 0 saturated heterocycles. The fraction of sp³-hybridized carbons (Fsp3) is 0.143. The van der Waals surface area contributed by atoms with Crippen LogP contribution in [0.2, 0.25) is 5.02 Å². The maximum atomic E-state index is 11.7. The van der Waals surface area contributed by atoms with Gasteiger partial charge >= 0.3 is 11.8 Å². The molecule has 0 aliphatic rings. The number of amides is 2. The van der Waals surface area contributed by atoms with Crippen LogP contribution in [0, 0.1) is 6.92 Å². The van der Waals surface area contributed by atoms with Crippen LogP contribution in [-0.2, 0) is 16.1 Å². The van der Waals surface area contributed by atoms with Gasteiger partial charge < -0.3 is 10.6 Å². The lowest BCUT2D eigenvalue weighted by molar-refractivity contribution is -0.136. The van der Waals surface area contributed by atoms with E-state index in [1.165, 1.54) is 11.3 Å². The predicted molar refractivity (Wildman–Crippen MR) is 81.0 cm³/mol. The predicted octanol–water partition coefficient (Wildman–Crippen LogP) is 2.96. The Morgan fingerprint density at radius 1 is 1.25 bits per heavy atom. The molecule has 2 N–H and O–H groups in total. The molecule has 2 aromatic rings. The van der Waals surface area contributed by atoms with E-state index in [0.717, 1.165) is 11.1 Å². The molecule has 0 atom stereocenters. The zero-order chi connectivity index (χ0) is 14.5. The second-order valence-electron chi connectivity index (χ2n) is 4.23. The molecule has 20 heavy (non-hydrogen) atoms. The van der Waals surface area contributed by atoms with E-state index in [2.05, 4.69) is 10.6 Å². The zero-order valence-corrected chi connectivity index (χ0v) is 12.3. The van der Waals surface area contributed by atoms with Gasteiger partial charge in [-0.25, -0.2) is 0 Å². The molecule has 1 heterocycles. The largest absolute Gasteiger partial charge is 0.344 e. The van der Waals surface area contributed by atoms with Gasteiger partial charge in [-0.1, -0.05) is 17.7 Å². The first kappa shape index (κ1) is 14.6. The number of nitrogens with one attached hydrogen (secondary N) is 2. The van der Waals surface area contributed by atoms with Gasteiger partial charge in [0, 0.05) is 17.3 Å². The molecule has 4 nitrogen and oxygen atoms in total. The summed E-state index contributed by atoms with van der Waals surface area (Å²) < 4.78 is 0. The fourth-order valence-electron chi connectivity index (χ4n) is 1.51. The van der Waals surface area contributed by atoms with Crippen molar-refractivity contribution in [3.63, 3.8) is 0 Å². The van der Waals surface area contributed by atoms with Crippen molar-refractivity contribution in [2.24, 2.45) is 0 Å². The van der Waals surface area contributed by atoms with E-state index in [1.807, 2.05) is 23.8 Å². The molecule has 0 saturated carbocycles. The summed E-state index contributed by atoms with van der Waals surface area (Å²) >= 11 is 7.49. The van der Waals surface area contributed by atoms with Gasteiger partial charge in [-0.15, -0.1) is 0 Å². The number of halogens is 1. The van der Waals surface area contributed by atoms with E-state index in [0.29, 0.717) is 17.3 Å². The van der Waals surface area contributed by atoms with Crippen molar-refractivity contribution in [2.75, 3.05) is 5.32 Å². The van der Waals surface area contributed by atoms with Crippen molar-refractivity contribution in [1.29, 1.82) is 0 Å². The van der Waals surface area contributed by atoms with Crippen LogP contribution in [0.25, 0.3) is 0 Å². The highest BCUT2D eigenvalue weighted by atomic mass is 35.5. The maximum absolute atomic E-state index is 11.7. The third-order valence-electron chi connectivity index (χ3n) is 2.67. The van der Waals surface area contributed by atoms with E-state index in [9.17, 15) is 9.59 Å². The number of hydrogen-bond donors (Lipinski definition) is 2. The van der Waals surface area contributed by atoms with Crippen LogP contribution in [-0.4, -0.2) is 11.8 Å². The highest BCUT2D eigenvalue weighted by molar-refractivity contribution is 7.07. The topological polar surface area (TPSA) is 58.2 Å². The van der Waals surface area contributed by atoms with E-state index >= 15 is 0 Å². The van der Waals surface area contributed by atoms with Crippen LogP contribution in [0.4, 0.5) is 5.69 Å². The van der Waals surface area contributed by atoms with Crippen molar-refractivity contribution < 1.29 is 9.59 Å². The Hall–Kier alpha value is -1.85. The first-order chi connectivity index (χ1) is 9.56.